The van der Waals surface area contributed by atoms with Crippen molar-refractivity contribution in [1.29, 1.82) is 0 Å². The van der Waals surface area contributed by atoms with Crippen molar-refractivity contribution in [1.82, 2.24) is 9.62 Å². The number of sulfonamides is 1. The Bertz CT molecular complexity index is 729. The van der Waals surface area contributed by atoms with E-state index in [2.05, 4.69) is 4.72 Å². The Morgan fingerprint density at radius 1 is 1.29 bits per heavy atom. The maximum atomic E-state index is 12.2. The number of carbonyl (C=O) groups excluding carboxylic acids is 1. The van der Waals surface area contributed by atoms with Crippen LogP contribution in [0.15, 0.2) is 29.2 Å². The van der Waals surface area contributed by atoms with E-state index in [-0.39, 0.29) is 23.8 Å². The summed E-state index contributed by atoms with van der Waals surface area (Å²) in [4.78, 5) is 25.2. The summed E-state index contributed by atoms with van der Waals surface area (Å²) < 4.78 is 25.5. The van der Waals surface area contributed by atoms with Crippen LogP contribution in [0.1, 0.15) is 25.3 Å². The van der Waals surface area contributed by atoms with Crippen LogP contribution in [0.5, 0.6) is 0 Å². The summed E-state index contributed by atoms with van der Waals surface area (Å²) in [6.07, 6.45) is 1.22. The van der Waals surface area contributed by atoms with Gasteiger partial charge >= 0.3 is 5.97 Å². The van der Waals surface area contributed by atoms with E-state index < -0.39 is 21.4 Å². The van der Waals surface area contributed by atoms with Crippen molar-refractivity contribution in [2.45, 2.75) is 31.1 Å². The molecule has 0 bridgehead atoms. The Balaban J connectivity index is 1.92. The van der Waals surface area contributed by atoms with Gasteiger partial charge in [-0.15, -0.1) is 0 Å². The molecule has 0 radical (unpaired) electrons. The highest BCUT2D eigenvalue weighted by atomic mass is 32.2. The molecule has 24 heavy (non-hydrogen) atoms. The number of aryl methyl sites for hydroxylation is 1. The maximum Gasteiger partial charge on any atom is 0.311 e. The Hall–Kier alpha value is -1.93. The summed E-state index contributed by atoms with van der Waals surface area (Å²) in [7, 11) is -2.11. The zero-order chi connectivity index (χ0) is 18.0. The lowest BCUT2D eigenvalue weighted by Crippen LogP contribution is -2.34. The van der Waals surface area contributed by atoms with E-state index in [0.29, 0.717) is 19.4 Å². The molecular weight excluding hydrogens is 332 g/mol. The van der Waals surface area contributed by atoms with E-state index in [4.69, 9.17) is 0 Å². The van der Waals surface area contributed by atoms with E-state index in [1.807, 2.05) is 0 Å². The Labute approximate surface area is 141 Å². The van der Waals surface area contributed by atoms with Gasteiger partial charge in [0.25, 0.3) is 0 Å². The van der Waals surface area contributed by atoms with Crippen molar-refractivity contribution in [3.8, 4) is 0 Å². The molecular formula is C16H22N2O5S. The van der Waals surface area contributed by atoms with Crippen molar-refractivity contribution in [2.75, 3.05) is 20.1 Å². The lowest BCUT2D eigenvalue weighted by Gasteiger charge is -2.20. The summed E-state index contributed by atoms with van der Waals surface area (Å²) >= 11 is 0. The number of hydrogen-bond acceptors (Lipinski definition) is 4. The van der Waals surface area contributed by atoms with Gasteiger partial charge in [0.1, 0.15) is 0 Å². The number of rotatable bonds is 6. The highest BCUT2D eigenvalue weighted by molar-refractivity contribution is 7.89. The van der Waals surface area contributed by atoms with Crippen molar-refractivity contribution in [3.63, 3.8) is 0 Å². The average molecular weight is 354 g/mol. The molecule has 1 aliphatic heterocycles. The molecule has 2 rings (SSSR count). The topological polar surface area (TPSA) is 104 Å². The fraction of sp³-hybridized carbons (Fsp3) is 0.500. The van der Waals surface area contributed by atoms with Crippen molar-refractivity contribution in [2.24, 2.45) is 5.41 Å². The van der Waals surface area contributed by atoms with Gasteiger partial charge in [0.15, 0.2) is 0 Å². The highest BCUT2D eigenvalue weighted by Gasteiger charge is 2.41. The third kappa shape index (κ3) is 3.93. The Kier molecular flexibility index (Phi) is 5.29. The second kappa shape index (κ2) is 6.90. The molecule has 1 aromatic carbocycles. The first-order chi connectivity index (χ1) is 11.2. The molecule has 0 spiro atoms. The van der Waals surface area contributed by atoms with Crippen molar-refractivity contribution >= 4 is 21.9 Å². The van der Waals surface area contributed by atoms with Crippen LogP contribution in [0.4, 0.5) is 0 Å². The number of amides is 1. The first-order valence-electron chi connectivity index (χ1n) is 7.72. The van der Waals surface area contributed by atoms with Crippen molar-refractivity contribution < 1.29 is 23.1 Å². The molecule has 8 heteroatoms. The molecule has 1 saturated heterocycles. The molecule has 1 amide bonds. The predicted molar refractivity (Wildman–Crippen MR) is 87.9 cm³/mol. The smallest absolute Gasteiger partial charge is 0.311 e. The van der Waals surface area contributed by atoms with Gasteiger partial charge in [0.05, 0.1) is 10.3 Å². The normalized spacial score (nSPS) is 21.0. The van der Waals surface area contributed by atoms with Crippen LogP contribution in [-0.4, -0.2) is 50.4 Å². The molecule has 1 aliphatic rings. The van der Waals surface area contributed by atoms with Crippen molar-refractivity contribution in [3.05, 3.63) is 29.8 Å². The van der Waals surface area contributed by atoms with Gasteiger partial charge in [-0.05, 0) is 44.5 Å². The second-order valence-electron chi connectivity index (χ2n) is 6.28. The van der Waals surface area contributed by atoms with Gasteiger partial charge in [-0.3, -0.25) is 9.59 Å². The second-order valence-corrected chi connectivity index (χ2v) is 8.17. The van der Waals surface area contributed by atoms with Gasteiger partial charge in [-0.25, -0.2) is 13.1 Å². The quantitative estimate of drug-likeness (QED) is 0.788. The lowest BCUT2D eigenvalue weighted by molar-refractivity contribution is -0.147. The van der Waals surface area contributed by atoms with Crippen LogP contribution in [0.25, 0.3) is 0 Å². The summed E-state index contributed by atoms with van der Waals surface area (Å²) in [5, 5.41) is 9.20. The molecule has 1 atom stereocenters. The van der Waals surface area contributed by atoms with Gasteiger partial charge in [0.2, 0.25) is 15.9 Å². The summed E-state index contributed by atoms with van der Waals surface area (Å²) in [5.74, 6) is -0.953. The van der Waals surface area contributed by atoms with Crippen LogP contribution >= 0.6 is 0 Å². The molecule has 132 valence electrons. The Morgan fingerprint density at radius 3 is 2.42 bits per heavy atom. The number of benzene rings is 1. The number of carboxylic acid groups (broad SMARTS) is 1. The first-order valence-corrected chi connectivity index (χ1v) is 9.20. The minimum absolute atomic E-state index is 0.0769. The van der Waals surface area contributed by atoms with Crippen LogP contribution in [0.3, 0.4) is 0 Å². The standard InChI is InChI=1S/C16H22N2O5S/c1-16(15(20)21)9-10-18(11-16)14(19)8-5-12-3-6-13(7-4-12)24(22,23)17-2/h3-4,6-7,17H,5,8-11H2,1-2H3,(H,20,21)/t16-/m0/s1. The van der Waals surface area contributed by atoms with Crippen LogP contribution in [0.2, 0.25) is 0 Å². The lowest BCUT2D eigenvalue weighted by atomic mass is 9.90. The van der Waals surface area contributed by atoms with Crippen LogP contribution in [0, 0.1) is 5.41 Å². The van der Waals surface area contributed by atoms with Gasteiger partial charge < -0.3 is 10.0 Å². The minimum atomic E-state index is -3.46. The number of hydrogen-bond donors (Lipinski definition) is 2. The average Bonchev–Trinajstić information content (AvgIpc) is 2.97. The molecule has 2 N–H and O–H groups in total. The maximum absolute atomic E-state index is 12.2. The van der Waals surface area contributed by atoms with Crippen LogP contribution in [-0.2, 0) is 26.0 Å². The first kappa shape index (κ1) is 18.4. The molecule has 0 saturated carbocycles. The zero-order valence-corrected chi connectivity index (χ0v) is 14.6. The number of nitrogens with one attached hydrogen (secondary N) is 1. The molecule has 1 aromatic rings. The van der Waals surface area contributed by atoms with E-state index >= 15 is 0 Å². The van der Waals surface area contributed by atoms with E-state index in [0.717, 1.165) is 5.56 Å². The number of nitrogens with zero attached hydrogens (tertiary/aromatic N) is 1. The molecule has 7 nitrogen and oxygen atoms in total. The third-order valence-corrected chi connectivity index (χ3v) is 5.90. The fourth-order valence-electron chi connectivity index (χ4n) is 2.71. The van der Waals surface area contributed by atoms with Crippen LogP contribution < -0.4 is 4.72 Å². The van der Waals surface area contributed by atoms with E-state index in [9.17, 15) is 23.1 Å². The van der Waals surface area contributed by atoms with Gasteiger partial charge in [-0.1, -0.05) is 12.1 Å². The third-order valence-electron chi connectivity index (χ3n) is 4.47. The molecule has 0 unspecified atom stereocenters. The SMILES string of the molecule is CNS(=O)(=O)c1ccc(CCC(=O)N2CC[C@](C)(C(=O)O)C2)cc1. The molecule has 1 fully saturated rings. The fourth-order valence-corrected chi connectivity index (χ4v) is 3.44. The predicted octanol–water partition coefficient (Wildman–Crippen LogP) is 0.850. The summed E-state index contributed by atoms with van der Waals surface area (Å²) in [5.41, 5.74) is -0.00247. The summed E-state index contributed by atoms with van der Waals surface area (Å²) in [6.45, 7) is 2.35. The zero-order valence-electron chi connectivity index (χ0n) is 13.8. The van der Waals surface area contributed by atoms with E-state index in [1.54, 1.807) is 24.0 Å². The number of aliphatic carboxylic acids is 1. The minimum Gasteiger partial charge on any atom is -0.481 e. The number of likely N-dealkylation sites (tertiary alicyclic amines) is 1. The largest absolute Gasteiger partial charge is 0.481 e. The van der Waals surface area contributed by atoms with Gasteiger partial charge in [0, 0.05) is 19.5 Å². The van der Waals surface area contributed by atoms with E-state index in [1.165, 1.54) is 19.2 Å². The molecule has 0 aromatic heterocycles. The monoisotopic (exact) mass is 354 g/mol. The highest BCUT2D eigenvalue weighted by Crippen LogP contribution is 2.30. The Morgan fingerprint density at radius 2 is 1.92 bits per heavy atom. The number of carbonyl (C=O) groups is 2. The number of carboxylic acids is 1. The van der Waals surface area contributed by atoms with Gasteiger partial charge in [-0.2, -0.15) is 0 Å². The summed E-state index contributed by atoms with van der Waals surface area (Å²) in [6, 6.07) is 6.37. The molecule has 0 aliphatic carbocycles. The molecule has 1 heterocycles.